The summed E-state index contributed by atoms with van der Waals surface area (Å²) in [6.45, 7) is 1.08. The van der Waals surface area contributed by atoms with E-state index < -0.39 is 5.97 Å². The van der Waals surface area contributed by atoms with E-state index in [1.165, 1.54) is 0 Å². The van der Waals surface area contributed by atoms with Crippen molar-refractivity contribution >= 4 is 5.97 Å². The van der Waals surface area contributed by atoms with Gasteiger partial charge in [0.1, 0.15) is 0 Å². The number of carboxylic acid groups (broad SMARTS) is 1. The van der Waals surface area contributed by atoms with Crippen molar-refractivity contribution in [3.8, 4) is 0 Å². The summed E-state index contributed by atoms with van der Waals surface area (Å²) in [6, 6.07) is 0. The second kappa shape index (κ2) is 15.7. The van der Waals surface area contributed by atoms with Gasteiger partial charge in [-0.15, -0.1) is 0 Å². The van der Waals surface area contributed by atoms with Crippen LogP contribution in [0, 0.1) is 0 Å². The Morgan fingerprint density at radius 1 is 1.57 bits per heavy atom. The topological polar surface area (TPSA) is 37.3 Å². The molecule has 0 radical (unpaired) electrons. The number of hydrogen-bond donors (Lipinski definition) is 1. The Morgan fingerprint density at radius 3 is 1.57 bits per heavy atom. The van der Waals surface area contributed by atoms with Gasteiger partial charge in [0, 0.05) is 24.0 Å². The van der Waals surface area contributed by atoms with Crippen LogP contribution in [0.25, 0.3) is 0 Å². The summed E-state index contributed by atoms with van der Waals surface area (Å²) in [7, 11) is 0. The van der Waals surface area contributed by atoms with Crippen LogP contribution in [0.1, 0.15) is 9.78 Å². The quantitative estimate of drug-likeness (QED) is 0.362. The van der Waals surface area contributed by atoms with Crippen LogP contribution in [0.15, 0.2) is 0 Å². The van der Waals surface area contributed by atoms with Gasteiger partial charge < -0.3 is 7.96 Å². The van der Waals surface area contributed by atoms with E-state index in [1.54, 1.807) is 0 Å². The minimum absolute atomic E-state index is 0. The van der Waals surface area contributed by atoms with Gasteiger partial charge in [-0.1, -0.05) is 0 Å². The molecule has 0 fully saturated rings. The largest absolute Gasteiger partial charge is 1.00 e. The fourth-order valence-corrected chi connectivity index (χ4v) is 0. The van der Waals surface area contributed by atoms with Crippen molar-refractivity contribution in [2.24, 2.45) is 0 Å². The molecule has 0 spiro atoms. The van der Waals surface area contributed by atoms with Crippen LogP contribution in [-0.2, 0) is 21.9 Å². The molecule has 0 amide bonds. The van der Waals surface area contributed by atoms with Gasteiger partial charge >= 0.3 is 59.1 Å². The van der Waals surface area contributed by atoms with Crippen LogP contribution in [0.4, 0.5) is 0 Å². The monoisotopic (exact) mass is 164 g/mol. The Morgan fingerprint density at radius 2 is 1.57 bits per heavy atom. The molecule has 0 aliphatic rings. The van der Waals surface area contributed by atoms with E-state index in [2.05, 4.69) is 0 Å². The predicted octanol–water partition coefficient (Wildman–Crippen LogP) is -5.68. The predicted molar refractivity (Wildman–Crippen MR) is 15.5 cm³/mol. The van der Waals surface area contributed by atoms with Crippen molar-refractivity contribution in [3.63, 3.8) is 0 Å². The van der Waals surface area contributed by atoms with E-state index in [-0.39, 0.29) is 79.0 Å². The minimum atomic E-state index is -0.833. The number of rotatable bonds is 0. The SMILES string of the molecule is CC(=O)O.[Fe].[H-].[H-].[Na+].[Na+]. The number of hydrogen-bond acceptors (Lipinski definition) is 1. The van der Waals surface area contributed by atoms with Gasteiger partial charge in [-0.05, 0) is 0 Å². The van der Waals surface area contributed by atoms with Gasteiger partial charge in [0.15, 0.2) is 0 Å². The molecule has 7 heavy (non-hydrogen) atoms. The summed E-state index contributed by atoms with van der Waals surface area (Å²) in [6.07, 6.45) is 0. The summed E-state index contributed by atoms with van der Waals surface area (Å²) in [5.74, 6) is -0.833. The van der Waals surface area contributed by atoms with Gasteiger partial charge in [0.2, 0.25) is 0 Å². The Hall–Kier alpha value is 1.99. The van der Waals surface area contributed by atoms with Crippen molar-refractivity contribution < 1.29 is 88.9 Å². The maximum atomic E-state index is 9.00. The summed E-state index contributed by atoms with van der Waals surface area (Å²) in [5.41, 5.74) is 0. The van der Waals surface area contributed by atoms with Gasteiger partial charge in [0.05, 0.1) is 0 Å². The van der Waals surface area contributed by atoms with Crippen LogP contribution in [0.5, 0.6) is 0 Å². The van der Waals surface area contributed by atoms with Gasteiger partial charge in [-0.3, -0.25) is 4.79 Å². The van der Waals surface area contributed by atoms with E-state index in [0.717, 1.165) is 6.92 Å². The Labute approximate surface area is 100 Å². The fraction of sp³-hybridized carbons (Fsp3) is 0.500. The third kappa shape index (κ3) is 72.4. The molecule has 0 aliphatic heterocycles. The average Bonchev–Trinajstić information content (AvgIpc) is 0.811. The number of carboxylic acids is 1. The average molecular weight is 164 g/mol. The van der Waals surface area contributed by atoms with Crippen LogP contribution in [-0.4, -0.2) is 11.1 Å². The first-order chi connectivity index (χ1) is 1.73. The Kier molecular flexibility index (Phi) is 51.6. The molecular formula is C2H6FeNa2O2. The molecule has 1 N–H and O–H groups in total. The van der Waals surface area contributed by atoms with E-state index in [0.29, 0.717) is 0 Å². The van der Waals surface area contributed by atoms with Crippen molar-refractivity contribution in [1.82, 2.24) is 0 Å². The summed E-state index contributed by atoms with van der Waals surface area (Å²) < 4.78 is 0. The molecule has 0 saturated carbocycles. The van der Waals surface area contributed by atoms with E-state index in [9.17, 15) is 0 Å². The van der Waals surface area contributed by atoms with Crippen LogP contribution < -0.4 is 59.1 Å². The zero-order chi connectivity index (χ0) is 3.58. The first kappa shape index (κ1) is 23.0. The fourth-order valence-electron chi connectivity index (χ4n) is 0. The smallest absolute Gasteiger partial charge is 1.00 e. The third-order valence-electron chi connectivity index (χ3n) is 0. The molecule has 0 aliphatic carbocycles. The minimum Gasteiger partial charge on any atom is -1.00 e. The Bertz CT molecular complexity index is 43.5. The molecule has 0 aromatic heterocycles. The zero-order valence-corrected chi connectivity index (χ0v) is 9.81. The molecule has 0 aromatic rings. The number of aliphatic carboxylic acids is 1. The van der Waals surface area contributed by atoms with Crippen molar-refractivity contribution in [2.75, 3.05) is 0 Å². The molecule has 0 heterocycles. The zero-order valence-electron chi connectivity index (χ0n) is 6.71. The molecule has 0 bridgehead atoms. The molecule has 0 saturated heterocycles. The third-order valence-corrected chi connectivity index (χ3v) is 0. The second-order valence-corrected chi connectivity index (χ2v) is 0.519. The van der Waals surface area contributed by atoms with E-state index in [4.69, 9.17) is 9.90 Å². The molecule has 36 valence electrons. The van der Waals surface area contributed by atoms with Gasteiger partial charge in [0.25, 0.3) is 5.97 Å². The summed E-state index contributed by atoms with van der Waals surface area (Å²) in [5, 5.41) is 7.42. The maximum absolute atomic E-state index is 9.00. The van der Waals surface area contributed by atoms with E-state index >= 15 is 0 Å². The molecule has 0 aromatic carbocycles. The standard InChI is InChI=1S/C2H4O2.Fe.2Na.2H/c1-2(3)4;;;;;/h1H3,(H,3,4);;;;;/q;;2*+1;2*-1. The van der Waals surface area contributed by atoms with Gasteiger partial charge in [-0.25, -0.2) is 0 Å². The van der Waals surface area contributed by atoms with Crippen LogP contribution >= 0.6 is 0 Å². The second-order valence-electron chi connectivity index (χ2n) is 0.519. The Balaban J connectivity index is -0.00000000450. The molecule has 2 nitrogen and oxygen atoms in total. The molecule has 5 heteroatoms. The van der Waals surface area contributed by atoms with E-state index in [1.807, 2.05) is 0 Å². The van der Waals surface area contributed by atoms with Gasteiger partial charge in [-0.2, -0.15) is 0 Å². The first-order valence-electron chi connectivity index (χ1n) is 0.928. The molecule has 0 unspecified atom stereocenters. The first-order valence-corrected chi connectivity index (χ1v) is 0.928. The molecular weight excluding hydrogens is 158 g/mol. The van der Waals surface area contributed by atoms with Crippen LogP contribution in [0.3, 0.4) is 0 Å². The van der Waals surface area contributed by atoms with Crippen molar-refractivity contribution in [1.29, 1.82) is 0 Å². The maximum Gasteiger partial charge on any atom is 1.00 e. The normalized spacial score (nSPS) is 3.57. The molecule has 0 atom stereocenters. The van der Waals surface area contributed by atoms with Crippen molar-refractivity contribution in [2.45, 2.75) is 6.92 Å². The van der Waals surface area contributed by atoms with Crippen LogP contribution in [0.2, 0.25) is 0 Å². The van der Waals surface area contributed by atoms with Crippen molar-refractivity contribution in [3.05, 3.63) is 0 Å². The number of carbonyl (C=O) groups is 1. The summed E-state index contributed by atoms with van der Waals surface area (Å²) >= 11 is 0. The summed E-state index contributed by atoms with van der Waals surface area (Å²) in [4.78, 5) is 9.00. The molecule has 0 rings (SSSR count).